The molecule has 2 rings (SSSR count). The topological polar surface area (TPSA) is 41.6 Å². The number of nitrogens with zero attached hydrogens (tertiary/aromatic N) is 1. The van der Waals surface area contributed by atoms with E-state index < -0.39 is 0 Å². The van der Waals surface area contributed by atoms with Crippen LogP contribution in [0.4, 0.5) is 0 Å². The molecule has 0 aliphatic carbocycles. The molecule has 1 heterocycles. The predicted molar refractivity (Wildman–Crippen MR) is 96.3 cm³/mol. The minimum atomic E-state index is 0.113. The van der Waals surface area contributed by atoms with Gasteiger partial charge in [-0.05, 0) is 63.2 Å². The summed E-state index contributed by atoms with van der Waals surface area (Å²) in [6, 6.07) is 7.80. The van der Waals surface area contributed by atoms with Gasteiger partial charge in [0.05, 0.1) is 12.9 Å². The summed E-state index contributed by atoms with van der Waals surface area (Å²) in [5.41, 5.74) is 0. The largest absolute Gasteiger partial charge is 0.497 e. The van der Waals surface area contributed by atoms with Crippen molar-refractivity contribution in [1.82, 2.24) is 10.2 Å². The molecule has 1 aliphatic rings. The number of ether oxygens (including phenoxy) is 1. The van der Waals surface area contributed by atoms with Crippen molar-refractivity contribution in [2.75, 3.05) is 39.0 Å². The lowest BCUT2D eigenvalue weighted by atomic mass is 10.2. The normalized spacial score (nSPS) is 15.9. The van der Waals surface area contributed by atoms with Crippen molar-refractivity contribution in [2.24, 2.45) is 0 Å². The maximum atomic E-state index is 11.9. The van der Waals surface area contributed by atoms with Crippen molar-refractivity contribution >= 4 is 17.7 Å². The molecule has 23 heavy (non-hydrogen) atoms. The van der Waals surface area contributed by atoms with Gasteiger partial charge in [-0.1, -0.05) is 12.8 Å². The summed E-state index contributed by atoms with van der Waals surface area (Å²) in [5, 5.41) is 3.02. The summed E-state index contributed by atoms with van der Waals surface area (Å²) in [7, 11) is 1.65. The molecule has 4 nitrogen and oxygen atoms in total. The van der Waals surface area contributed by atoms with E-state index in [-0.39, 0.29) is 5.91 Å². The van der Waals surface area contributed by atoms with Crippen molar-refractivity contribution in [2.45, 2.75) is 37.0 Å². The molecule has 0 spiro atoms. The molecule has 1 aliphatic heterocycles. The number of likely N-dealkylation sites (tertiary alicyclic amines) is 1. The number of rotatable bonds is 8. The SMILES string of the molecule is COc1ccc(SCC(=O)NCCCN2CCCCCC2)cc1. The Kier molecular flexibility index (Phi) is 8.32. The van der Waals surface area contributed by atoms with Gasteiger partial charge in [0.15, 0.2) is 0 Å². The lowest BCUT2D eigenvalue weighted by molar-refractivity contribution is -0.118. The van der Waals surface area contributed by atoms with E-state index in [1.807, 2.05) is 24.3 Å². The van der Waals surface area contributed by atoms with Crippen molar-refractivity contribution in [3.8, 4) is 5.75 Å². The second-order valence-corrected chi connectivity index (χ2v) is 6.97. The van der Waals surface area contributed by atoms with Gasteiger partial charge in [0.25, 0.3) is 0 Å². The number of methoxy groups -OCH3 is 1. The molecule has 0 saturated carbocycles. The summed E-state index contributed by atoms with van der Waals surface area (Å²) < 4.78 is 5.13. The Bertz CT molecular complexity index is 457. The average molecular weight is 337 g/mol. The molecule has 1 aromatic rings. The van der Waals surface area contributed by atoms with Crippen molar-refractivity contribution in [3.05, 3.63) is 24.3 Å². The van der Waals surface area contributed by atoms with Crippen LogP contribution in [0.1, 0.15) is 32.1 Å². The molecular formula is C18H28N2O2S. The van der Waals surface area contributed by atoms with Crippen LogP contribution < -0.4 is 10.1 Å². The summed E-state index contributed by atoms with van der Waals surface area (Å²) in [5.74, 6) is 1.42. The zero-order valence-electron chi connectivity index (χ0n) is 14.1. The molecule has 0 aromatic heterocycles. The lowest BCUT2D eigenvalue weighted by Gasteiger charge is -2.19. The number of carbonyl (C=O) groups excluding carboxylic acids is 1. The van der Waals surface area contributed by atoms with Gasteiger partial charge >= 0.3 is 0 Å². The Hall–Kier alpha value is -1.20. The first kappa shape index (κ1) is 18.1. The highest BCUT2D eigenvalue weighted by atomic mass is 32.2. The number of carbonyl (C=O) groups is 1. The lowest BCUT2D eigenvalue weighted by Crippen LogP contribution is -2.31. The Morgan fingerprint density at radius 1 is 1.17 bits per heavy atom. The number of amides is 1. The number of benzene rings is 1. The monoisotopic (exact) mass is 336 g/mol. The second kappa shape index (κ2) is 10.6. The predicted octanol–water partition coefficient (Wildman–Crippen LogP) is 3.17. The maximum absolute atomic E-state index is 11.9. The van der Waals surface area contributed by atoms with E-state index in [0.29, 0.717) is 5.75 Å². The smallest absolute Gasteiger partial charge is 0.230 e. The minimum Gasteiger partial charge on any atom is -0.497 e. The molecule has 128 valence electrons. The summed E-state index contributed by atoms with van der Waals surface area (Å²) in [6.45, 7) is 4.33. The number of hydrogen-bond donors (Lipinski definition) is 1. The van der Waals surface area contributed by atoms with Crippen LogP contribution in [0, 0.1) is 0 Å². The minimum absolute atomic E-state index is 0.113. The van der Waals surface area contributed by atoms with E-state index in [1.165, 1.54) is 38.8 Å². The standard InChI is InChI=1S/C18H28N2O2S/c1-22-16-7-9-17(10-8-16)23-15-18(21)19-11-6-14-20-12-4-2-3-5-13-20/h7-10H,2-6,11-15H2,1H3,(H,19,21). The Labute approximate surface area is 144 Å². The first-order chi connectivity index (χ1) is 11.3. The van der Waals surface area contributed by atoms with Crippen molar-refractivity contribution in [3.63, 3.8) is 0 Å². The van der Waals surface area contributed by atoms with Crippen LogP contribution in [0.2, 0.25) is 0 Å². The molecular weight excluding hydrogens is 308 g/mol. The average Bonchev–Trinajstić information content (AvgIpc) is 2.86. The van der Waals surface area contributed by atoms with Crippen LogP contribution >= 0.6 is 11.8 Å². The molecule has 1 N–H and O–H groups in total. The fourth-order valence-electron chi connectivity index (χ4n) is 2.76. The summed E-state index contributed by atoms with van der Waals surface area (Å²) in [4.78, 5) is 15.5. The quantitative estimate of drug-likeness (QED) is 0.585. The number of nitrogens with one attached hydrogen (secondary N) is 1. The molecule has 0 unspecified atom stereocenters. The van der Waals surface area contributed by atoms with Crippen LogP contribution in [0.25, 0.3) is 0 Å². The third-order valence-corrected chi connectivity index (χ3v) is 5.11. The highest BCUT2D eigenvalue weighted by Gasteiger charge is 2.08. The van der Waals surface area contributed by atoms with E-state index in [1.54, 1.807) is 18.9 Å². The van der Waals surface area contributed by atoms with Crippen LogP contribution in [-0.2, 0) is 4.79 Å². The zero-order chi connectivity index (χ0) is 16.3. The molecule has 1 amide bonds. The second-order valence-electron chi connectivity index (χ2n) is 5.92. The van der Waals surface area contributed by atoms with E-state index >= 15 is 0 Å². The molecule has 5 heteroatoms. The Morgan fingerprint density at radius 2 is 1.87 bits per heavy atom. The van der Waals surface area contributed by atoms with E-state index in [4.69, 9.17) is 4.74 Å². The van der Waals surface area contributed by atoms with Gasteiger partial charge in [0.1, 0.15) is 5.75 Å². The molecule has 1 aromatic carbocycles. The number of hydrogen-bond acceptors (Lipinski definition) is 4. The van der Waals surface area contributed by atoms with Gasteiger partial charge in [-0.3, -0.25) is 4.79 Å². The number of thioether (sulfide) groups is 1. The highest BCUT2D eigenvalue weighted by molar-refractivity contribution is 8.00. The molecule has 1 saturated heterocycles. The fraction of sp³-hybridized carbons (Fsp3) is 0.611. The Balaban J connectivity index is 1.55. The summed E-state index contributed by atoms with van der Waals surface area (Å²) in [6.07, 6.45) is 6.43. The molecule has 0 radical (unpaired) electrons. The van der Waals surface area contributed by atoms with Gasteiger partial charge in [-0.25, -0.2) is 0 Å². The molecule has 0 atom stereocenters. The van der Waals surface area contributed by atoms with Gasteiger partial charge in [0.2, 0.25) is 5.91 Å². The van der Waals surface area contributed by atoms with Gasteiger partial charge in [-0.2, -0.15) is 0 Å². The van der Waals surface area contributed by atoms with Crippen molar-refractivity contribution in [1.29, 1.82) is 0 Å². The van der Waals surface area contributed by atoms with Crippen LogP contribution in [0.5, 0.6) is 5.75 Å². The Morgan fingerprint density at radius 3 is 2.52 bits per heavy atom. The first-order valence-corrected chi connectivity index (χ1v) is 9.52. The van der Waals surface area contributed by atoms with Crippen LogP contribution in [0.3, 0.4) is 0 Å². The van der Waals surface area contributed by atoms with E-state index in [9.17, 15) is 4.79 Å². The van der Waals surface area contributed by atoms with Crippen molar-refractivity contribution < 1.29 is 9.53 Å². The van der Waals surface area contributed by atoms with Crippen LogP contribution in [-0.4, -0.2) is 49.8 Å². The van der Waals surface area contributed by atoms with Gasteiger partial charge < -0.3 is 15.0 Å². The third kappa shape index (κ3) is 7.27. The zero-order valence-corrected chi connectivity index (χ0v) is 14.9. The first-order valence-electron chi connectivity index (χ1n) is 8.54. The maximum Gasteiger partial charge on any atom is 0.230 e. The molecule has 0 bridgehead atoms. The van der Waals surface area contributed by atoms with E-state index in [0.717, 1.165) is 30.2 Å². The fourth-order valence-corrected chi connectivity index (χ4v) is 3.49. The van der Waals surface area contributed by atoms with Gasteiger partial charge in [-0.15, -0.1) is 11.8 Å². The molecule has 1 fully saturated rings. The van der Waals surface area contributed by atoms with Crippen LogP contribution in [0.15, 0.2) is 29.2 Å². The highest BCUT2D eigenvalue weighted by Crippen LogP contribution is 2.20. The third-order valence-electron chi connectivity index (χ3n) is 4.10. The van der Waals surface area contributed by atoms with E-state index in [2.05, 4.69) is 10.2 Å². The van der Waals surface area contributed by atoms with Gasteiger partial charge in [0, 0.05) is 11.4 Å². The summed E-state index contributed by atoms with van der Waals surface area (Å²) >= 11 is 1.56.